The van der Waals surface area contributed by atoms with E-state index < -0.39 is 4.92 Å². The fourth-order valence-electron chi connectivity index (χ4n) is 0.955. The van der Waals surface area contributed by atoms with Crippen LogP contribution in [-0.4, -0.2) is 11.5 Å². The van der Waals surface area contributed by atoms with Crippen LogP contribution in [0, 0.1) is 22.5 Å². The molecule has 4 nitrogen and oxygen atoms in total. The van der Waals surface area contributed by atoms with Crippen LogP contribution in [0.1, 0.15) is 0 Å². The van der Waals surface area contributed by atoms with Crippen molar-refractivity contribution in [1.29, 1.82) is 0 Å². The highest BCUT2D eigenvalue weighted by Gasteiger charge is 2.12. The zero-order valence-electron chi connectivity index (χ0n) is 7.16. The molecule has 0 unspecified atom stereocenters. The molecule has 0 aliphatic rings. The summed E-state index contributed by atoms with van der Waals surface area (Å²) in [6, 6.07) is 4.26. The smallest absolute Gasteiger partial charge is 0.292 e. The van der Waals surface area contributed by atoms with E-state index in [0.717, 1.165) is 0 Å². The fraction of sp³-hybridized carbons (Fsp3) is 0.111. The molecule has 0 bridgehead atoms. The molecule has 1 rings (SSSR count). The molecule has 0 saturated heterocycles. The number of nitro groups is 1. The first-order valence-electron chi connectivity index (χ1n) is 3.76. The maximum absolute atomic E-state index is 10.6. The van der Waals surface area contributed by atoms with E-state index in [9.17, 15) is 10.1 Å². The molecule has 0 spiro atoms. The van der Waals surface area contributed by atoms with Crippen molar-refractivity contribution in [3.63, 3.8) is 0 Å². The second kappa shape index (κ2) is 4.49. The maximum Gasteiger partial charge on any atom is 0.292 e. The second-order valence-corrected chi connectivity index (χ2v) is 2.91. The van der Waals surface area contributed by atoms with Gasteiger partial charge in [0.15, 0.2) is 0 Å². The summed E-state index contributed by atoms with van der Waals surface area (Å²) in [5.41, 5.74) is 0.296. The van der Waals surface area contributed by atoms with Crippen LogP contribution in [0.15, 0.2) is 18.2 Å². The first kappa shape index (κ1) is 10.4. The summed E-state index contributed by atoms with van der Waals surface area (Å²) in [4.78, 5) is 10.1. The number of terminal acetylenes is 1. The molecule has 0 aliphatic carbocycles. The Morgan fingerprint density at radius 2 is 2.36 bits per heavy atom. The standard InChI is InChI=1S/C9H7ClN2O2/c1-2-5-11-8-6-7(10)3-4-9(8)12(13)14/h1,3-4,6,11H,5H2. The summed E-state index contributed by atoms with van der Waals surface area (Å²) in [6.07, 6.45) is 5.03. The fourth-order valence-corrected chi connectivity index (χ4v) is 1.13. The van der Waals surface area contributed by atoms with Crippen LogP contribution in [0.2, 0.25) is 5.02 Å². The highest BCUT2D eigenvalue weighted by molar-refractivity contribution is 6.31. The van der Waals surface area contributed by atoms with Gasteiger partial charge in [0.2, 0.25) is 0 Å². The third-order valence-electron chi connectivity index (χ3n) is 1.54. The Morgan fingerprint density at radius 1 is 1.64 bits per heavy atom. The second-order valence-electron chi connectivity index (χ2n) is 2.48. The molecule has 0 saturated carbocycles. The Morgan fingerprint density at radius 3 is 2.93 bits per heavy atom. The zero-order chi connectivity index (χ0) is 10.6. The van der Waals surface area contributed by atoms with Gasteiger partial charge in [0, 0.05) is 11.1 Å². The Hall–Kier alpha value is -1.73. The molecule has 5 heteroatoms. The van der Waals surface area contributed by atoms with Crippen molar-refractivity contribution in [2.75, 3.05) is 11.9 Å². The summed E-state index contributed by atoms with van der Waals surface area (Å²) in [6.45, 7) is 0.223. The lowest BCUT2D eigenvalue weighted by Crippen LogP contribution is -2.01. The minimum atomic E-state index is -0.491. The summed E-state index contributed by atoms with van der Waals surface area (Å²) < 4.78 is 0. The van der Waals surface area contributed by atoms with Crippen molar-refractivity contribution in [3.8, 4) is 12.3 Å². The molecule has 0 radical (unpaired) electrons. The third-order valence-corrected chi connectivity index (χ3v) is 1.77. The number of hydrogen-bond acceptors (Lipinski definition) is 3. The molecular formula is C9H7ClN2O2. The number of nitrogens with zero attached hydrogens (tertiary/aromatic N) is 1. The van der Waals surface area contributed by atoms with Crippen LogP contribution >= 0.6 is 11.6 Å². The summed E-state index contributed by atoms with van der Waals surface area (Å²) in [5.74, 6) is 2.32. The molecule has 0 amide bonds. The Kier molecular flexibility index (Phi) is 3.32. The van der Waals surface area contributed by atoms with Crippen LogP contribution in [0.4, 0.5) is 11.4 Å². The van der Waals surface area contributed by atoms with Gasteiger partial charge in [-0.25, -0.2) is 0 Å². The van der Waals surface area contributed by atoms with E-state index in [1.807, 2.05) is 0 Å². The van der Waals surface area contributed by atoms with Crippen molar-refractivity contribution in [3.05, 3.63) is 33.3 Å². The number of hydrogen-bond donors (Lipinski definition) is 1. The number of nitrogens with one attached hydrogen (secondary N) is 1. The molecule has 0 heterocycles. The van der Waals surface area contributed by atoms with Gasteiger partial charge in [-0.05, 0) is 12.1 Å². The summed E-state index contributed by atoms with van der Waals surface area (Å²) in [7, 11) is 0. The van der Waals surface area contributed by atoms with Gasteiger partial charge >= 0.3 is 0 Å². The van der Waals surface area contributed by atoms with E-state index in [1.165, 1.54) is 18.2 Å². The van der Waals surface area contributed by atoms with E-state index >= 15 is 0 Å². The number of rotatable bonds is 3. The van der Waals surface area contributed by atoms with Crippen molar-refractivity contribution >= 4 is 23.0 Å². The van der Waals surface area contributed by atoms with Crippen LogP contribution in [0.3, 0.4) is 0 Å². The van der Waals surface area contributed by atoms with Gasteiger partial charge < -0.3 is 5.32 Å². The highest BCUT2D eigenvalue weighted by Crippen LogP contribution is 2.27. The molecule has 72 valence electrons. The Balaban J connectivity index is 3.04. The van der Waals surface area contributed by atoms with Gasteiger partial charge in [-0.2, -0.15) is 0 Å². The zero-order valence-corrected chi connectivity index (χ0v) is 7.91. The normalized spacial score (nSPS) is 9.14. The average molecular weight is 211 g/mol. The number of halogens is 1. The molecule has 0 atom stereocenters. The van der Waals surface area contributed by atoms with Crippen LogP contribution < -0.4 is 5.32 Å². The van der Waals surface area contributed by atoms with Gasteiger partial charge in [0.05, 0.1) is 11.5 Å². The number of anilines is 1. The lowest BCUT2D eigenvalue weighted by atomic mass is 10.2. The summed E-state index contributed by atoms with van der Waals surface area (Å²) in [5, 5.41) is 13.7. The van der Waals surface area contributed by atoms with Crippen LogP contribution in [-0.2, 0) is 0 Å². The lowest BCUT2D eigenvalue weighted by molar-refractivity contribution is -0.383. The summed E-state index contributed by atoms with van der Waals surface area (Å²) >= 11 is 5.69. The van der Waals surface area contributed by atoms with Crippen LogP contribution in [0.25, 0.3) is 0 Å². The van der Waals surface area contributed by atoms with Gasteiger partial charge in [-0.15, -0.1) is 6.42 Å². The van der Waals surface area contributed by atoms with E-state index in [4.69, 9.17) is 18.0 Å². The van der Waals surface area contributed by atoms with Crippen molar-refractivity contribution < 1.29 is 4.92 Å². The van der Waals surface area contributed by atoms with Gasteiger partial charge in [-0.1, -0.05) is 17.5 Å². The highest BCUT2D eigenvalue weighted by atomic mass is 35.5. The Bertz CT molecular complexity index is 398. The van der Waals surface area contributed by atoms with E-state index in [1.54, 1.807) is 0 Å². The predicted octanol–water partition coefficient (Wildman–Crippen LogP) is 2.29. The number of nitro benzene ring substituents is 1. The third kappa shape index (κ3) is 2.38. The molecule has 14 heavy (non-hydrogen) atoms. The molecule has 1 N–H and O–H groups in total. The SMILES string of the molecule is C#CCNc1cc(Cl)ccc1[N+](=O)[O-]. The Labute approximate surface area is 86.0 Å². The molecule has 0 fully saturated rings. The predicted molar refractivity (Wildman–Crippen MR) is 55.4 cm³/mol. The van der Waals surface area contributed by atoms with Gasteiger partial charge in [-0.3, -0.25) is 10.1 Å². The maximum atomic E-state index is 10.6. The number of benzene rings is 1. The van der Waals surface area contributed by atoms with Crippen molar-refractivity contribution in [1.82, 2.24) is 0 Å². The molecule has 1 aromatic carbocycles. The first-order chi connectivity index (χ1) is 6.65. The van der Waals surface area contributed by atoms with Crippen molar-refractivity contribution in [2.45, 2.75) is 0 Å². The minimum absolute atomic E-state index is 0.0374. The van der Waals surface area contributed by atoms with Crippen LogP contribution in [0.5, 0.6) is 0 Å². The lowest BCUT2D eigenvalue weighted by Gasteiger charge is -2.03. The van der Waals surface area contributed by atoms with Gasteiger partial charge in [0.1, 0.15) is 5.69 Å². The quantitative estimate of drug-likeness (QED) is 0.473. The molecular weight excluding hydrogens is 204 g/mol. The molecule has 0 aliphatic heterocycles. The minimum Gasteiger partial charge on any atom is -0.369 e. The largest absolute Gasteiger partial charge is 0.369 e. The monoisotopic (exact) mass is 210 g/mol. The van der Waals surface area contributed by atoms with E-state index in [2.05, 4.69) is 11.2 Å². The van der Waals surface area contributed by atoms with Crippen molar-refractivity contribution in [2.24, 2.45) is 0 Å². The average Bonchev–Trinajstić information content (AvgIpc) is 2.14. The first-order valence-corrected chi connectivity index (χ1v) is 4.14. The molecule has 1 aromatic rings. The van der Waals surface area contributed by atoms with E-state index in [0.29, 0.717) is 10.7 Å². The topological polar surface area (TPSA) is 55.2 Å². The van der Waals surface area contributed by atoms with E-state index in [-0.39, 0.29) is 12.2 Å². The molecule has 0 aromatic heterocycles. The van der Waals surface area contributed by atoms with Gasteiger partial charge in [0.25, 0.3) is 5.69 Å².